The highest BCUT2D eigenvalue weighted by Crippen LogP contribution is 2.42. The monoisotopic (exact) mass is 358 g/mol. The van der Waals surface area contributed by atoms with E-state index in [-0.39, 0.29) is 0 Å². The number of nitrogens with zero attached hydrogens (tertiary/aromatic N) is 3. The quantitative estimate of drug-likeness (QED) is 0.413. The van der Waals surface area contributed by atoms with Crippen molar-refractivity contribution in [2.75, 3.05) is 0 Å². The highest BCUT2D eigenvalue weighted by Gasteiger charge is 2.30. The molecule has 0 spiro atoms. The number of aryl methyl sites for hydroxylation is 2. The van der Waals surface area contributed by atoms with Crippen LogP contribution in [-0.2, 0) is 13.5 Å². The van der Waals surface area contributed by atoms with Crippen LogP contribution in [0.4, 0.5) is 0 Å². The van der Waals surface area contributed by atoms with E-state index in [9.17, 15) is 0 Å². The summed E-state index contributed by atoms with van der Waals surface area (Å²) in [7, 11) is 1.96. The number of pyridine rings is 1. The maximum atomic E-state index is 8.58. The van der Waals surface area contributed by atoms with E-state index in [1.165, 1.54) is 17.9 Å². The van der Waals surface area contributed by atoms with Gasteiger partial charge in [0.05, 0.1) is 11.3 Å². The van der Waals surface area contributed by atoms with Gasteiger partial charge in [0.2, 0.25) is 5.69 Å². The fourth-order valence-electron chi connectivity index (χ4n) is 4.33. The zero-order valence-corrected chi connectivity index (χ0v) is 15.7. The molecule has 134 valence electrons. The second-order valence-corrected chi connectivity index (χ2v) is 7.30. The van der Waals surface area contributed by atoms with Crippen LogP contribution in [0.25, 0.3) is 27.7 Å². The number of rotatable bonds is 2. The second kappa shape index (κ2) is 5.78. The third-order valence-corrected chi connectivity index (χ3v) is 5.68. The first-order valence-corrected chi connectivity index (χ1v) is 9.18. The minimum Gasteiger partial charge on any atom is -0.303 e. The number of imidazole rings is 1. The van der Waals surface area contributed by atoms with Crippen molar-refractivity contribution in [1.29, 1.82) is 0 Å². The summed E-state index contributed by atoms with van der Waals surface area (Å²) in [5.41, 5.74) is 5.95. The van der Waals surface area contributed by atoms with Gasteiger partial charge in [-0.3, -0.25) is 0 Å². The lowest BCUT2D eigenvalue weighted by Crippen LogP contribution is -2.31. The highest BCUT2D eigenvalue weighted by atomic mass is 15.1. The molecular weight excluding hydrogens is 330 g/mol. The smallest absolute Gasteiger partial charge is 0.213 e. The third-order valence-electron chi connectivity index (χ3n) is 5.68. The lowest BCUT2D eigenvalue weighted by atomic mass is 9.89. The average molecular weight is 359 g/mol. The van der Waals surface area contributed by atoms with Gasteiger partial charge in [-0.15, -0.1) is 0 Å². The summed E-state index contributed by atoms with van der Waals surface area (Å²) in [6.07, 6.45) is 6.40. The summed E-state index contributed by atoms with van der Waals surface area (Å²) in [6.45, 7) is 1.16. The van der Waals surface area contributed by atoms with Gasteiger partial charge in [-0.1, -0.05) is 38.0 Å². The number of aromatic nitrogens is 3. The Balaban J connectivity index is 1.85. The molecule has 1 unspecified atom stereocenters. The number of fused-ring (bicyclic) bond motifs is 5. The lowest BCUT2D eigenvalue weighted by molar-refractivity contribution is -0.660. The van der Waals surface area contributed by atoms with Gasteiger partial charge in [-0.05, 0) is 34.9 Å². The predicted molar refractivity (Wildman–Crippen MR) is 109 cm³/mol. The molecule has 1 aliphatic rings. The summed E-state index contributed by atoms with van der Waals surface area (Å²) in [6, 6.07) is 12.0. The van der Waals surface area contributed by atoms with Crippen LogP contribution in [0, 0.1) is 6.92 Å². The van der Waals surface area contributed by atoms with Crippen LogP contribution >= 0.6 is 0 Å². The number of hydrogen-bond acceptors (Lipinski definition) is 1. The van der Waals surface area contributed by atoms with Gasteiger partial charge in [-0.25, -0.2) is 9.55 Å². The third kappa shape index (κ3) is 2.27. The molecule has 3 heterocycles. The van der Waals surface area contributed by atoms with E-state index < -0.39 is 12.7 Å². The molecule has 0 amide bonds. The number of hydrogen-bond donors (Lipinski definition) is 0. The Morgan fingerprint density at radius 3 is 2.89 bits per heavy atom. The Labute approximate surface area is 165 Å². The van der Waals surface area contributed by atoms with Gasteiger partial charge < -0.3 is 4.57 Å². The molecule has 5 rings (SSSR count). The largest absolute Gasteiger partial charge is 0.303 e. The van der Waals surface area contributed by atoms with E-state index in [2.05, 4.69) is 34.7 Å². The van der Waals surface area contributed by atoms with Gasteiger partial charge in [0.1, 0.15) is 12.9 Å². The van der Waals surface area contributed by atoms with Gasteiger partial charge in [-0.2, -0.15) is 0 Å². The summed E-state index contributed by atoms with van der Waals surface area (Å²) >= 11 is 0. The minimum atomic E-state index is -2.42. The van der Waals surface area contributed by atoms with Crippen LogP contribution in [-0.4, -0.2) is 9.55 Å². The van der Waals surface area contributed by atoms with Crippen molar-refractivity contribution in [1.82, 2.24) is 9.55 Å². The normalized spacial score (nSPS) is 17.4. The van der Waals surface area contributed by atoms with E-state index in [1.54, 1.807) is 6.07 Å². The van der Waals surface area contributed by atoms with Crippen LogP contribution in [0.15, 0.2) is 55.0 Å². The van der Waals surface area contributed by atoms with Crippen molar-refractivity contribution in [3.63, 3.8) is 0 Å². The maximum absolute atomic E-state index is 8.58. The Hall–Kier alpha value is -2.94. The summed E-state index contributed by atoms with van der Waals surface area (Å²) in [5, 5.41) is 2.34. The van der Waals surface area contributed by atoms with Gasteiger partial charge >= 0.3 is 0 Å². The van der Waals surface area contributed by atoms with Crippen molar-refractivity contribution in [3.05, 3.63) is 77.5 Å². The number of benzene rings is 2. The molecule has 0 radical (unpaired) electrons. The van der Waals surface area contributed by atoms with E-state index >= 15 is 0 Å². The molecule has 27 heavy (non-hydrogen) atoms. The first kappa shape index (κ1) is 12.4. The predicted octanol–water partition coefficient (Wildman–Crippen LogP) is 4.85. The van der Waals surface area contributed by atoms with E-state index in [0.717, 1.165) is 33.7 Å². The van der Waals surface area contributed by atoms with Crippen molar-refractivity contribution >= 4 is 10.8 Å². The Kier molecular flexibility index (Phi) is 2.67. The highest BCUT2D eigenvalue weighted by molar-refractivity contribution is 6.00. The van der Waals surface area contributed by atoms with Crippen molar-refractivity contribution in [2.45, 2.75) is 33.0 Å². The molecule has 1 atom stereocenters. The van der Waals surface area contributed by atoms with Crippen molar-refractivity contribution in [3.8, 4) is 16.9 Å². The molecule has 3 heteroatoms. The summed E-state index contributed by atoms with van der Waals surface area (Å²) < 4.78 is 36.4. The Morgan fingerprint density at radius 1 is 1.26 bits per heavy atom. The van der Waals surface area contributed by atoms with Crippen LogP contribution in [0.5, 0.6) is 0 Å². The summed E-state index contributed by atoms with van der Waals surface area (Å²) in [4.78, 5) is 4.55. The van der Waals surface area contributed by atoms with Crippen LogP contribution in [0.3, 0.4) is 0 Å². The van der Waals surface area contributed by atoms with Crippen LogP contribution in [0.1, 0.15) is 47.7 Å². The standard InChI is InChI=1S/C24H24N3/c1-15(2)17-9-11-26(4)21(13-17)23-16(3)18-7-5-6-8-19(18)24-20(23)14-22-25-10-12-27(22)24/h5-13,15H,14H2,1-4H3/q+1/i1D3,15D. The molecule has 2 aromatic heterocycles. The van der Waals surface area contributed by atoms with E-state index in [1.807, 2.05) is 42.3 Å². The average Bonchev–Trinajstić information content (AvgIpc) is 3.29. The Morgan fingerprint density at radius 2 is 2.07 bits per heavy atom. The molecule has 3 nitrogen and oxygen atoms in total. The molecule has 0 saturated heterocycles. The van der Waals surface area contributed by atoms with E-state index in [4.69, 9.17) is 5.48 Å². The SMILES string of the molecule is [2H]C([2H])([2H])C([2H])(C)c1cc[n+](C)c(-c2c3c(c4ccccc4c2C)-n2ccnc2C3)c1. The topological polar surface area (TPSA) is 21.7 Å². The molecule has 0 N–H and O–H groups in total. The molecule has 0 aliphatic carbocycles. The Bertz CT molecular complexity index is 1350. The minimum absolute atomic E-state index is 0.484. The molecule has 4 aromatic rings. The molecule has 2 aromatic carbocycles. The first-order chi connectivity index (χ1) is 14.6. The molecule has 0 fully saturated rings. The zero-order chi connectivity index (χ0) is 22.1. The van der Waals surface area contributed by atoms with Gasteiger partial charge in [0.25, 0.3) is 0 Å². The molecule has 0 saturated carbocycles. The molecule has 1 aliphatic heterocycles. The van der Waals surface area contributed by atoms with Crippen LogP contribution < -0.4 is 4.57 Å². The van der Waals surface area contributed by atoms with Gasteiger partial charge in [0.15, 0.2) is 6.20 Å². The van der Waals surface area contributed by atoms with Gasteiger partial charge in [0, 0.05) is 41.8 Å². The maximum Gasteiger partial charge on any atom is 0.213 e. The van der Waals surface area contributed by atoms with Crippen molar-refractivity contribution in [2.24, 2.45) is 7.05 Å². The van der Waals surface area contributed by atoms with Crippen molar-refractivity contribution < 1.29 is 10.1 Å². The zero-order valence-electron chi connectivity index (χ0n) is 19.7. The first-order valence-electron chi connectivity index (χ1n) is 11.2. The molecule has 0 bridgehead atoms. The lowest BCUT2D eigenvalue weighted by Gasteiger charge is -2.16. The fourth-order valence-corrected chi connectivity index (χ4v) is 4.33. The molecular formula is C24H24N3+. The second-order valence-electron chi connectivity index (χ2n) is 7.30. The summed E-state index contributed by atoms with van der Waals surface area (Å²) in [5.74, 6) is -0.699. The fraction of sp³-hybridized carbons (Fsp3) is 0.250. The van der Waals surface area contributed by atoms with E-state index in [0.29, 0.717) is 12.0 Å². The van der Waals surface area contributed by atoms with Crippen LogP contribution in [0.2, 0.25) is 0 Å².